The number of amides is 2. The molecule has 116 valence electrons. The number of rotatable bonds is 5. The summed E-state index contributed by atoms with van der Waals surface area (Å²) in [5, 5.41) is 2.86. The van der Waals surface area contributed by atoms with E-state index in [0.717, 1.165) is 19.3 Å². The predicted molar refractivity (Wildman–Crippen MR) is 78.6 cm³/mol. The maximum Gasteiger partial charge on any atom is 0.274 e. The van der Waals surface area contributed by atoms with Crippen LogP contribution in [0.1, 0.15) is 36.2 Å². The molecule has 0 saturated carbocycles. The molecule has 7 nitrogen and oxygen atoms in total. The highest BCUT2D eigenvalue weighted by atomic mass is 16.2. The first-order valence-electron chi connectivity index (χ1n) is 7.37. The number of nitrogens with zero attached hydrogens (tertiary/aromatic N) is 3. The number of hydrogen-bond donors (Lipinski definition) is 2. The van der Waals surface area contributed by atoms with Crippen LogP contribution in [0.4, 0.5) is 0 Å². The zero-order valence-corrected chi connectivity index (χ0v) is 12.4. The van der Waals surface area contributed by atoms with E-state index in [1.807, 2.05) is 11.9 Å². The van der Waals surface area contributed by atoms with Crippen LogP contribution >= 0.6 is 0 Å². The summed E-state index contributed by atoms with van der Waals surface area (Å²) < 4.78 is 1.76. The fraction of sp³-hybridized carbons (Fsp3) is 0.643. The Morgan fingerprint density at radius 3 is 2.95 bits per heavy atom. The van der Waals surface area contributed by atoms with Crippen molar-refractivity contribution in [3.8, 4) is 0 Å². The molecule has 1 aliphatic heterocycles. The molecule has 0 aliphatic carbocycles. The Kier molecular flexibility index (Phi) is 5.32. The number of aromatic nitrogens is 2. The summed E-state index contributed by atoms with van der Waals surface area (Å²) in [5.41, 5.74) is 5.81. The highest BCUT2D eigenvalue weighted by Crippen LogP contribution is 2.18. The molecule has 0 bridgehead atoms. The summed E-state index contributed by atoms with van der Waals surface area (Å²) in [6, 6.07) is 0.0370. The van der Waals surface area contributed by atoms with E-state index in [1.54, 1.807) is 17.1 Å². The Balaban J connectivity index is 1.98. The van der Waals surface area contributed by atoms with E-state index in [4.69, 9.17) is 5.73 Å². The van der Waals surface area contributed by atoms with Crippen molar-refractivity contribution >= 4 is 11.8 Å². The minimum Gasteiger partial charge on any atom is -0.354 e. The number of imidazole rings is 1. The lowest BCUT2D eigenvalue weighted by molar-refractivity contribution is -0.121. The lowest BCUT2D eigenvalue weighted by Gasteiger charge is -2.35. The summed E-state index contributed by atoms with van der Waals surface area (Å²) in [7, 11) is 1.84. The van der Waals surface area contributed by atoms with E-state index in [0.29, 0.717) is 31.7 Å². The maximum absolute atomic E-state index is 12.5. The van der Waals surface area contributed by atoms with Crippen LogP contribution in [0.25, 0.3) is 0 Å². The summed E-state index contributed by atoms with van der Waals surface area (Å²) in [6.07, 6.45) is 6.63. The van der Waals surface area contributed by atoms with E-state index in [2.05, 4.69) is 10.3 Å². The van der Waals surface area contributed by atoms with Gasteiger partial charge < -0.3 is 20.5 Å². The summed E-state index contributed by atoms with van der Waals surface area (Å²) in [4.78, 5) is 30.0. The van der Waals surface area contributed by atoms with Gasteiger partial charge >= 0.3 is 0 Å². The highest BCUT2D eigenvalue weighted by Gasteiger charge is 2.28. The molecule has 2 heterocycles. The van der Waals surface area contributed by atoms with Crippen LogP contribution < -0.4 is 11.1 Å². The first kappa shape index (κ1) is 15.5. The van der Waals surface area contributed by atoms with Gasteiger partial charge in [-0.2, -0.15) is 0 Å². The van der Waals surface area contributed by atoms with Crippen LogP contribution in [0.3, 0.4) is 0 Å². The lowest BCUT2D eigenvalue weighted by atomic mass is 10.0. The van der Waals surface area contributed by atoms with Crippen molar-refractivity contribution in [3.63, 3.8) is 0 Å². The highest BCUT2D eigenvalue weighted by molar-refractivity contribution is 5.92. The van der Waals surface area contributed by atoms with Crippen molar-refractivity contribution in [2.24, 2.45) is 12.8 Å². The molecule has 3 N–H and O–H groups in total. The van der Waals surface area contributed by atoms with Crippen LogP contribution in [0.2, 0.25) is 0 Å². The number of carbonyl (C=O) groups is 2. The van der Waals surface area contributed by atoms with Gasteiger partial charge in [-0.05, 0) is 19.3 Å². The molecule has 1 aromatic rings. The number of aryl methyl sites for hydroxylation is 1. The molecule has 0 radical (unpaired) electrons. The lowest BCUT2D eigenvalue weighted by Crippen LogP contribution is -2.49. The van der Waals surface area contributed by atoms with E-state index >= 15 is 0 Å². The first-order chi connectivity index (χ1) is 10.1. The standard InChI is InChI=1S/C14H23N5O2/c1-18-9-12(17-10-18)14(21)19-7-3-2-4-11(19)8-16-13(20)5-6-15/h9-11H,2-8,15H2,1H3,(H,16,20). The van der Waals surface area contributed by atoms with Crippen molar-refractivity contribution in [1.82, 2.24) is 19.8 Å². The topological polar surface area (TPSA) is 93.2 Å². The van der Waals surface area contributed by atoms with Gasteiger partial charge in [0.25, 0.3) is 5.91 Å². The molecule has 1 aliphatic rings. The van der Waals surface area contributed by atoms with Crippen LogP contribution in [0.5, 0.6) is 0 Å². The minimum absolute atomic E-state index is 0.0370. The molecule has 1 fully saturated rings. The Morgan fingerprint density at radius 2 is 2.29 bits per heavy atom. The molecule has 1 saturated heterocycles. The zero-order chi connectivity index (χ0) is 15.2. The molecule has 1 aromatic heterocycles. The van der Waals surface area contributed by atoms with Crippen LogP contribution in [-0.4, -0.2) is 51.9 Å². The van der Waals surface area contributed by atoms with Crippen LogP contribution in [0.15, 0.2) is 12.5 Å². The van der Waals surface area contributed by atoms with E-state index in [9.17, 15) is 9.59 Å². The maximum atomic E-state index is 12.5. The van der Waals surface area contributed by atoms with Crippen molar-refractivity contribution in [2.45, 2.75) is 31.7 Å². The van der Waals surface area contributed by atoms with Crippen molar-refractivity contribution in [3.05, 3.63) is 18.2 Å². The Hall–Kier alpha value is -1.89. The smallest absolute Gasteiger partial charge is 0.274 e. The minimum atomic E-state index is -0.0618. The molecule has 1 atom stereocenters. The van der Waals surface area contributed by atoms with Gasteiger partial charge in [-0.1, -0.05) is 0 Å². The van der Waals surface area contributed by atoms with Gasteiger partial charge in [0.2, 0.25) is 5.91 Å². The zero-order valence-electron chi connectivity index (χ0n) is 12.4. The van der Waals surface area contributed by atoms with Crippen molar-refractivity contribution < 1.29 is 9.59 Å². The molecule has 7 heteroatoms. The number of nitrogens with two attached hydrogens (primary N) is 1. The molecule has 0 aromatic carbocycles. The SMILES string of the molecule is Cn1cnc(C(=O)N2CCCCC2CNC(=O)CCN)c1. The second-order valence-corrected chi connectivity index (χ2v) is 5.42. The molecule has 0 spiro atoms. The normalized spacial score (nSPS) is 18.6. The summed E-state index contributed by atoms with van der Waals surface area (Å²) in [6.45, 7) is 1.54. The quantitative estimate of drug-likeness (QED) is 0.791. The molecular weight excluding hydrogens is 270 g/mol. The second kappa shape index (κ2) is 7.21. The molecular formula is C14H23N5O2. The summed E-state index contributed by atoms with van der Waals surface area (Å²) >= 11 is 0. The van der Waals surface area contributed by atoms with Gasteiger partial charge in [0.15, 0.2) is 0 Å². The monoisotopic (exact) mass is 293 g/mol. The second-order valence-electron chi connectivity index (χ2n) is 5.42. The number of nitrogens with one attached hydrogen (secondary N) is 1. The first-order valence-corrected chi connectivity index (χ1v) is 7.37. The Bertz CT molecular complexity index is 499. The van der Waals surface area contributed by atoms with Gasteiger partial charge in [0.1, 0.15) is 5.69 Å². The van der Waals surface area contributed by atoms with Gasteiger partial charge in [0, 0.05) is 45.3 Å². The molecule has 2 rings (SSSR count). The Morgan fingerprint density at radius 1 is 1.48 bits per heavy atom. The molecule has 2 amide bonds. The van der Waals surface area contributed by atoms with Gasteiger partial charge in [-0.25, -0.2) is 4.98 Å². The third kappa shape index (κ3) is 4.04. The van der Waals surface area contributed by atoms with Gasteiger partial charge in [0.05, 0.1) is 6.33 Å². The number of piperidine rings is 1. The number of likely N-dealkylation sites (tertiary alicyclic amines) is 1. The molecule has 1 unspecified atom stereocenters. The predicted octanol–water partition coefficient (Wildman–Crippen LogP) is -0.120. The van der Waals surface area contributed by atoms with E-state index in [-0.39, 0.29) is 17.9 Å². The van der Waals surface area contributed by atoms with E-state index in [1.165, 1.54) is 0 Å². The number of carbonyl (C=O) groups excluding carboxylic acids is 2. The average molecular weight is 293 g/mol. The van der Waals surface area contributed by atoms with Crippen LogP contribution in [0, 0.1) is 0 Å². The van der Waals surface area contributed by atoms with Crippen LogP contribution in [-0.2, 0) is 11.8 Å². The Labute approximate surface area is 124 Å². The fourth-order valence-corrected chi connectivity index (χ4v) is 2.60. The van der Waals surface area contributed by atoms with Gasteiger partial charge in [-0.15, -0.1) is 0 Å². The van der Waals surface area contributed by atoms with Crippen molar-refractivity contribution in [1.29, 1.82) is 0 Å². The average Bonchev–Trinajstić information content (AvgIpc) is 2.91. The number of hydrogen-bond acceptors (Lipinski definition) is 4. The largest absolute Gasteiger partial charge is 0.354 e. The molecule has 21 heavy (non-hydrogen) atoms. The third-order valence-electron chi connectivity index (χ3n) is 3.72. The van der Waals surface area contributed by atoms with Gasteiger partial charge in [-0.3, -0.25) is 9.59 Å². The van der Waals surface area contributed by atoms with Crippen molar-refractivity contribution in [2.75, 3.05) is 19.6 Å². The third-order valence-corrected chi connectivity index (χ3v) is 3.72. The summed E-state index contributed by atoms with van der Waals surface area (Å²) in [5.74, 6) is -0.123. The fourth-order valence-electron chi connectivity index (χ4n) is 2.60. The van der Waals surface area contributed by atoms with E-state index < -0.39 is 0 Å².